The molecule has 0 spiro atoms. The van der Waals surface area contributed by atoms with Gasteiger partial charge in [0.25, 0.3) is 0 Å². The van der Waals surface area contributed by atoms with Gasteiger partial charge in [0.15, 0.2) is 0 Å². The van der Waals surface area contributed by atoms with Crippen LogP contribution in [0.5, 0.6) is 5.75 Å². The Kier molecular flexibility index (Phi) is 5.19. The van der Waals surface area contributed by atoms with Gasteiger partial charge in [-0.1, -0.05) is 18.5 Å². The van der Waals surface area contributed by atoms with Crippen LogP contribution < -0.4 is 10.1 Å². The van der Waals surface area contributed by atoms with Gasteiger partial charge in [-0.15, -0.1) is 11.3 Å². The predicted octanol–water partition coefficient (Wildman–Crippen LogP) is 3.70. The van der Waals surface area contributed by atoms with Crippen molar-refractivity contribution < 1.29 is 4.74 Å². The first-order valence-electron chi connectivity index (χ1n) is 6.18. The highest BCUT2D eigenvalue weighted by Gasteiger charge is 2.15. The van der Waals surface area contributed by atoms with Gasteiger partial charge in [-0.2, -0.15) is 0 Å². The third kappa shape index (κ3) is 3.69. The fourth-order valence-electron chi connectivity index (χ4n) is 2.04. The van der Waals surface area contributed by atoms with Gasteiger partial charge in [0.05, 0.1) is 12.6 Å². The number of likely N-dealkylation sites (N-methyl/N-ethyl adjacent to an activating group) is 1. The van der Waals surface area contributed by atoms with Crippen LogP contribution in [0.15, 0.2) is 29.9 Å². The number of rotatable bonds is 6. The molecule has 1 atom stereocenters. The van der Waals surface area contributed by atoms with Crippen molar-refractivity contribution in [2.75, 3.05) is 13.7 Å². The molecule has 0 bridgehead atoms. The van der Waals surface area contributed by atoms with Crippen molar-refractivity contribution in [2.24, 2.45) is 0 Å². The Hall–Kier alpha value is -1.10. The van der Waals surface area contributed by atoms with E-state index in [-0.39, 0.29) is 6.04 Å². The predicted molar refractivity (Wildman–Crippen MR) is 80.2 cm³/mol. The Labute approximate surface area is 122 Å². The lowest BCUT2D eigenvalue weighted by Gasteiger charge is -2.18. The molecule has 19 heavy (non-hydrogen) atoms. The summed E-state index contributed by atoms with van der Waals surface area (Å²) in [6.07, 6.45) is 2.74. The molecular formula is C14H17ClN2OS. The van der Waals surface area contributed by atoms with Gasteiger partial charge in [-0.25, -0.2) is 0 Å². The van der Waals surface area contributed by atoms with Crippen LogP contribution in [-0.2, 0) is 6.42 Å². The Morgan fingerprint density at radius 3 is 2.95 bits per heavy atom. The van der Waals surface area contributed by atoms with E-state index in [1.807, 2.05) is 29.9 Å². The smallest absolute Gasteiger partial charge is 0.122 e. The van der Waals surface area contributed by atoms with E-state index in [1.54, 1.807) is 18.4 Å². The standard InChI is InChI=1S/C14H17ClN2OS/c1-3-17-12(14-8-16-9-19-14)7-10-6-11(15)4-5-13(10)18-2/h4-6,8-9,12,17H,3,7H2,1-2H3. The molecule has 0 fully saturated rings. The van der Waals surface area contributed by atoms with Crippen molar-refractivity contribution in [3.8, 4) is 5.75 Å². The van der Waals surface area contributed by atoms with Gasteiger partial charge >= 0.3 is 0 Å². The van der Waals surface area contributed by atoms with Crippen LogP contribution in [0, 0.1) is 0 Å². The van der Waals surface area contributed by atoms with Gasteiger partial charge in [-0.05, 0) is 36.7 Å². The maximum atomic E-state index is 6.07. The number of aromatic nitrogens is 1. The molecule has 0 aliphatic carbocycles. The Balaban J connectivity index is 2.24. The van der Waals surface area contributed by atoms with Crippen molar-refractivity contribution >= 4 is 22.9 Å². The van der Waals surface area contributed by atoms with Crippen molar-refractivity contribution in [1.29, 1.82) is 0 Å². The van der Waals surface area contributed by atoms with E-state index in [1.165, 1.54) is 4.88 Å². The van der Waals surface area contributed by atoms with Crippen LogP contribution in [0.2, 0.25) is 5.02 Å². The average molecular weight is 297 g/mol. The number of nitrogens with one attached hydrogen (secondary N) is 1. The second-order valence-electron chi connectivity index (χ2n) is 4.17. The van der Waals surface area contributed by atoms with Gasteiger partial charge in [0, 0.05) is 22.1 Å². The molecule has 2 rings (SSSR count). The molecule has 0 amide bonds. The fourth-order valence-corrected chi connectivity index (χ4v) is 2.93. The number of ether oxygens (including phenoxy) is 1. The van der Waals surface area contributed by atoms with Crippen molar-refractivity contribution in [3.63, 3.8) is 0 Å². The first-order valence-corrected chi connectivity index (χ1v) is 7.44. The van der Waals surface area contributed by atoms with E-state index in [9.17, 15) is 0 Å². The molecule has 1 aromatic heterocycles. The fraction of sp³-hybridized carbons (Fsp3) is 0.357. The van der Waals surface area contributed by atoms with Crippen LogP contribution in [0.1, 0.15) is 23.4 Å². The molecule has 1 unspecified atom stereocenters. The van der Waals surface area contributed by atoms with Gasteiger partial charge in [-0.3, -0.25) is 4.98 Å². The minimum absolute atomic E-state index is 0.241. The molecule has 2 aromatic rings. The highest BCUT2D eigenvalue weighted by Crippen LogP contribution is 2.28. The molecule has 1 aromatic carbocycles. The first kappa shape index (κ1) is 14.3. The molecule has 0 saturated heterocycles. The summed E-state index contributed by atoms with van der Waals surface area (Å²) in [6, 6.07) is 5.96. The van der Waals surface area contributed by atoms with E-state index in [0.29, 0.717) is 0 Å². The number of hydrogen-bond acceptors (Lipinski definition) is 4. The monoisotopic (exact) mass is 296 g/mol. The lowest BCUT2D eigenvalue weighted by atomic mass is 10.0. The van der Waals surface area contributed by atoms with Crippen molar-refractivity contribution in [3.05, 3.63) is 45.4 Å². The largest absolute Gasteiger partial charge is 0.496 e. The van der Waals surface area contributed by atoms with Crippen LogP contribution in [0.3, 0.4) is 0 Å². The summed E-state index contributed by atoms with van der Waals surface area (Å²) in [5.74, 6) is 0.872. The maximum absolute atomic E-state index is 6.07. The summed E-state index contributed by atoms with van der Waals surface area (Å²) in [7, 11) is 1.68. The highest BCUT2D eigenvalue weighted by molar-refractivity contribution is 7.09. The van der Waals surface area contributed by atoms with E-state index in [0.717, 1.165) is 29.3 Å². The Morgan fingerprint density at radius 2 is 2.32 bits per heavy atom. The van der Waals surface area contributed by atoms with Gasteiger partial charge in [0.1, 0.15) is 5.75 Å². The molecule has 0 aliphatic heterocycles. The molecule has 0 saturated carbocycles. The Morgan fingerprint density at radius 1 is 1.47 bits per heavy atom. The maximum Gasteiger partial charge on any atom is 0.122 e. The summed E-state index contributed by atoms with van der Waals surface area (Å²) < 4.78 is 5.40. The lowest BCUT2D eigenvalue weighted by Crippen LogP contribution is -2.22. The van der Waals surface area contributed by atoms with Crippen LogP contribution in [0.25, 0.3) is 0 Å². The second-order valence-corrected chi connectivity index (χ2v) is 5.53. The summed E-state index contributed by atoms with van der Waals surface area (Å²) in [6.45, 7) is 3.01. The van der Waals surface area contributed by atoms with Gasteiger partial charge in [0.2, 0.25) is 0 Å². The first-order chi connectivity index (χ1) is 9.24. The summed E-state index contributed by atoms with van der Waals surface area (Å²) in [5.41, 5.74) is 2.96. The van der Waals surface area contributed by atoms with E-state index in [2.05, 4.69) is 17.2 Å². The molecule has 0 radical (unpaired) electrons. The quantitative estimate of drug-likeness (QED) is 0.882. The van der Waals surface area contributed by atoms with Crippen molar-refractivity contribution in [1.82, 2.24) is 10.3 Å². The number of hydrogen-bond donors (Lipinski definition) is 1. The van der Waals surface area contributed by atoms with Crippen LogP contribution in [0.4, 0.5) is 0 Å². The molecule has 1 heterocycles. The lowest BCUT2D eigenvalue weighted by molar-refractivity contribution is 0.406. The average Bonchev–Trinajstić information content (AvgIpc) is 2.92. The molecular weight excluding hydrogens is 280 g/mol. The van der Waals surface area contributed by atoms with Crippen molar-refractivity contribution in [2.45, 2.75) is 19.4 Å². The second kappa shape index (κ2) is 6.89. The Bertz CT molecular complexity index is 516. The third-order valence-corrected chi connectivity index (χ3v) is 4.04. The summed E-state index contributed by atoms with van der Waals surface area (Å²) in [5, 5.41) is 4.21. The minimum atomic E-state index is 0.241. The third-order valence-electron chi connectivity index (χ3n) is 2.91. The van der Waals surface area contributed by atoms with E-state index >= 15 is 0 Å². The number of benzene rings is 1. The molecule has 102 valence electrons. The topological polar surface area (TPSA) is 34.1 Å². The number of thiazole rings is 1. The number of halogens is 1. The van der Waals surface area contributed by atoms with E-state index in [4.69, 9.17) is 16.3 Å². The van der Waals surface area contributed by atoms with Crippen LogP contribution >= 0.6 is 22.9 Å². The van der Waals surface area contributed by atoms with Gasteiger partial charge < -0.3 is 10.1 Å². The van der Waals surface area contributed by atoms with Crippen LogP contribution in [-0.4, -0.2) is 18.6 Å². The SMILES string of the molecule is CCNC(Cc1cc(Cl)ccc1OC)c1cncs1. The molecule has 0 aliphatic rings. The zero-order valence-corrected chi connectivity index (χ0v) is 12.6. The summed E-state index contributed by atoms with van der Waals surface area (Å²) >= 11 is 7.73. The number of nitrogens with zero attached hydrogens (tertiary/aromatic N) is 1. The molecule has 1 N–H and O–H groups in total. The normalized spacial score (nSPS) is 12.4. The summed E-state index contributed by atoms with van der Waals surface area (Å²) in [4.78, 5) is 5.37. The minimum Gasteiger partial charge on any atom is -0.496 e. The highest BCUT2D eigenvalue weighted by atomic mass is 35.5. The van der Waals surface area contributed by atoms with E-state index < -0.39 is 0 Å². The molecule has 3 nitrogen and oxygen atoms in total. The zero-order valence-electron chi connectivity index (χ0n) is 11.0. The number of methoxy groups -OCH3 is 1. The molecule has 5 heteroatoms. The zero-order chi connectivity index (χ0) is 13.7.